The quantitative estimate of drug-likeness (QED) is 0.911. The Bertz CT molecular complexity index is 605. The number of aromatic carboxylic acids is 1. The molecule has 0 fully saturated rings. The average molecular weight is 295 g/mol. The monoisotopic (exact) mass is 295 g/mol. The second-order valence-corrected chi connectivity index (χ2v) is 7.45. The van der Waals surface area contributed by atoms with E-state index in [1.807, 2.05) is 13.0 Å². The Morgan fingerprint density at radius 1 is 1.32 bits per heavy atom. The molecule has 0 aliphatic rings. The van der Waals surface area contributed by atoms with E-state index in [-0.39, 0.29) is 5.41 Å². The van der Waals surface area contributed by atoms with Gasteiger partial charge in [0.15, 0.2) is 0 Å². The van der Waals surface area contributed by atoms with Crippen LogP contribution in [0.4, 0.5) is 0 Å². The lowest BCUT2D eigenvalue weighted by Gasteiger charge is -2.15. The minimum Gasteiger partial charge on any atom is -0.477 e. The molecule has 0 aliphatic heterocycles. The minimum atomic E-state index is -0.881. The van der Waals surface area contributed by atoms with E-state index in [1.165, 1.54) is 16.2 Å². The first kappa shape index (κ1) is 14.2. The fraction of sp³-hybridized carbons (Fsp3) is 0.429. The van der Waals surface area contributed by atoms with Crippen molar-refractivity contribution in [1.82, 2.24) is 4.98 Å². The lowest BCUT2D eigenvalue weighted by molar-refractivity contribution is 0.0701. The van der Waals surface area contributed by atoms with Crippen molar-refractivity contribution < 1.29 is 9.90 Å². The summed E-state index contributed by atoms with van der Waals surface area (Å²) in [5.74, 6) is -0.881. The largest absolute Gasteiger partial charge is 0.477 e. The molecule has 0 radical (unpaired) electrons. The topological polar surface area (TPSA) is 50.2 Å². The summed E-state index contributed by atoms with van der Waals surface area (Å²) in [5.41, 5.74) is 0.793. The molecule has 2 aromatic rings. The Kier molecular flexibility index (Phi) is 3.78. The summed E-state index contributed by atoms with van der Waals surface area (Å²) in [4.78, 5) is 18.3. The van der Waals surface area contributed by atoms with Crippen LogP contribution in [0.2, 0.25) is 0 Å². The number of hydrogen-bond donors (Lipinski definition) is 1. The summed E-state index contributed by atoms with van der Waals surface area (Å²) in [6, 6.07) is 4.14. The highest BCUT2D eigenvalue weighted by atomic mass is 32.1. The molecular weight excluding hydrogens is 278 g/mol. The van der Waals surface area contributed by atoms with Gasteiger partial charge in [0.25, 0.3) is 0 Å². The van der Waals surface area contributed by atoms with E-state index < -0.39 is 5.97 Å². The van der Waals surface area contributed by atoms with E-state index in [4.69, 9.17) is 5.11 Å². The number of thiazole rings is 1. The summed E-state index contributed by atoms with van der Waals surface area (Å²) in [5, 5.41) is 9.98. The first-order valence-electron chi connectivity index (χ1n) is 6.16. The molecule has 0 spiro atoms. The van der Waals surface area contributed by atoms with Gasteiger partial charge in [-0.2, -0.15) is 0 Å². The maximum atomic E-state index is 11.2. The van der Waals surface area contributed by atoms with Crippen LogP contribution < -0.4 is 0 Å². The van der Waals surface area contributed by atoms with Crippen molar-refractivity contribution in [3.05, 3.63) is 27.6 Å². The van der Waals surface area contributed by atoms with Crippen LogP contribution >= 0.6 is 22.7 Å². The van der Waals surface area contributed by atoms with Crippen molar-refractivity contribution in [3.63, 3.8) is 0 Å². The second kappa shape index (κ2) is 5.06. The maximum Gasteiger partial charge on any atom is 0.347 e. The number of carboxylic acid groups (broad SMARTS) is 1. The predicted molar refractivity (Wildman–Crippen MR) is 80.5 cm³/mol. The second-order valence-electron chi connectivity index (χ2n) is 5.37. The third-order valence-corrected chi connectivity index (χ3v) is 5.55. The Morgan fingerprint density at radius 3 is 2.42 bits per heavy atom. The first-order valence-corrected chi connectivity index (χ1v) is 7.80. The summed E-state index contributed by atoms with van der Waals surface area (Å²) >= 11 is 2.96. The van der Waals surface area contributed by atoms with E-state index in [1.54, 1.807) is 11.3 Å². The SMILES string of the molecule is CCc1nc(-c2ccc(C(C)(C)C)s2)sc1C(=O)O. The number of hydrogen-bond acceptors (Lipinski definition) is 4. The summed E-state index contributed by atoms with van der Waals surface area (Å²) < 4.78 is 0. The zero-order valence-corrected chi connectivity index (χ0v) is 13.1. The fourth-order valence-electron chi connectivity index (χ4n) is 1.72. The molecule has 2 aromatic heterocycles. The standard InChI is InChI=1S/C14H17NO2S2/c1-5-8-11(13(16)17)19-12(15-8)9-6-7-10(18-9)14(2,3)4/h6-7H,5H2,1-4H3,(H,16,17). The number of aromatic nitrogens is 1. The minimum absolute atomic E-state index is 0.114. The van der Waals surface area contributed by atoms with Crippen molar-refractivity contribution in [2.75, 3.05) is 0 Å². The molecular formula is C14H17NO2S2. The van der Waals surface area contributed by atoms with Crippen LogP contribution in [-0.2, 0) is 11.8 Å². The molecule has 2 heterocycles. The highest BCUT2D eigenvalue weighted by Crippen LogP contribution is 2.37. The molecule has 102 valence electrons. The van der Waals surface area contributed by atoms with Crippen LogP contribution in [0.5, 0.6) is 0 Å². The van der Waals surface area contributed by atoms with Gasteiger partial charge in [0, 0.05) is 4.88 Å². The van der Waals surface area contributed by atoms with Gasteiger partial charge in [-0.15, -0.1) is 22.7 Å². The summed E-state index contributed by atoms with van der Waals surface area (Å²) in [6.45, 7) is 8.44. The van der Waals surface area contributed by atoms with Gasteiger partial charge in [0.05, 0.1) is 10.6 Å². The van der Waals surface area contributed by atoms with Gasteiger partial charge in [-0.25, -0.2) is 9.78 Å². The molecule has 0 saturated heterocycles. The molecule has 0 amide bonds. The van der Waals surface area contributed by atoms with Crippen LogP contribution in [-0.4, -0.2) is 16.1 Å². The molecule has 1 N–H and O–H groups in total. The summed E-state index contributed by atoms with van der Waals surface area (Å²) in [7, 11) is 0. The average Bonchev–Trinajstić information content (AvgIpc) is 2.94. The lowest BCUT2D eigenvalue weighted by Crippen LogP contribution is -2.07. The van der Waals surface area contributed by atoms with Crippen LogP contribution in [0.1, 0.15) is 47.9 Å². The molecule has 0 unspecified atom stereocenters. The molecule has 0 aliphatic carbocycles. The molecule has 2 rings (SSSR count). The number of nitrogens with zero attached hydrogens (tertiary/aromatic N) is 1. The van der Waals surface area contributed by atoms with Gasteiger partial charge in [-0.1, -0.05) is 27.7 Å². The Hall–Kier alpha value is -1.20. The number of carboxylic acids is 1. The van der Waals surface area contributed by atoms with E-state index in [9.17, 15) is 4.79 Å². The molecule has 0 saturated carbocycles. The molecule has 19 heavy (non-hydrogen) atoms. The van der Waals surface area contributed by atoms with Crippen LogP contribution in [0, 0.1) is 0 Å². The molecule has 5 heteroatoms. The highest BCUT2D eigenvalue weighted by Gasteiger charge is 2.20. The van der Waals surface area contributed by atoms with Gasteiger partial charge in [-0.05, 0) is 24.0 Å². The third-order valence-electron chi connectivity index (χ3n) is 2.78. The van der Waals surface area contributed by atoms with Crippen molar-refractivity contribution in [2.24, 2.45) is 0 Å². The van der Waals surface area contributed by atoms with Gasteiger partial charge in [-0.3, -0.25) is 0 Å². The maximum absolute atomic E-state index is 11.2. The van der Waals surface area contributed by atoms with Crippen molar-refractivity contribution in [2.45, 2.75) is 39.5 Å². The number of rotatable bonds is 3. The van der Waals surface area contributed by atoms with E-state index in [2.05, 4.69) is 31.8 Å². The Labute approximate surface area is 120 Å². The van der Waals surface area contributed by atoms with Crippen LogP contribution in [0.25, 0.3) is 9.88 Å². The van der Waals surface area contributed by atoms with Gasteiger partial charge in [0.2, 0.25) is 0 Å². The van der Waals surface area contributed by atoms with Gasteiger partial charge < -0.3 is 5.11 Å². The lowest BCUT2D eigenvalue weighted by atomic mass is 9.95. The van der Waals surface area contributed by atoms with Gasteiger partial charge in [0.1, 0.15) is 9.88 Å². The number of aryl methyl sites for hydroxylation is 1. The van der Waals surface area contributed by atoms with Crippen LogP contribution in [0.15, 0.2) is 12.1 Å². The van der Waals surface area contributed by atoms with Crippen molar-refractivity contribution in [3.8, 4) is 9.88 Å². The Balaban J connectivity index is 2.42. The molecule has 3 nitrogen and oxygen atoms in total. The van der Waals surface area contributed by atoms with E-state index in [0.29, 0.717) is 17.0 Å². The van der Waals surface area contributed by atoms with Crippen LogP contribution in [0.3, 0.4) is 0 Å². The van der Waals surface area contributed by atoms with Gasteiger partial charge >= 0.3 is 5.97 Å². The Morgan fingerprint density at radius 2 is 2.00 bits per heavy atom. The highest BCUT2D eigenvalue weighted by molar-refractivity contribution is 7.22. The predicted octanol–water partition coefficient (Wildman–Crippen LogP) is 4.43. The smallest absolute Gasteiger partial charge is 0.347 e. The van der Waals surface area contributed by atoms with E-state index in [0.717, 1.165) is 9.88 Å². The zero-order valence-electron chi connectivity index (χ0n) is 11.5. The molecule has 0 bridgehead atoms. The third kappa shape index (κ3) is 2.87. The molecule has 0 aromatic carbocycles. The summed E-state index contributed by atoms with van der Waals surface area (Å²) in [6.07, 6.45) is 0.648. The fourth-order valence-corrected chi connectivity index (χ4v) is 3.83. The van der Waals surface area contributed by atoms with Crippen molar-refractivity contribution in [1.29, 1.82) is 0 Å². The zero-order chi connectivity index (χ0) is 14.2. The van der Waals surface area contributed by atoms with Crippen molar-refractivity contribution >= 4 is 28.6 Å². The first-order chi connectivity index (χ1) is 8.82. The van der Waals surface area contributed by atoms with E-state index >= 15 is 0 Å². The normalized spacial score (nSPS) is 11.8. The number of thiophene rings is 1. The molecule has 0 atom stereocenters. The number of carbonyl (C=O) groups is 1.